The fraction of sp³-hybridized carbons (Fsp3) is 0.250. The monoisotopic (exact) mass is 385 g/mol. The van der Waals surface area contributed by atoms with Gasteiger partial charge in [-0.2, -0.15) is 4.98 Å². The SMILES string of the molecule is CC(C)(C)c1ccccc1Nc1nccc(NCCc2c[nH]c3ccccc23)n1. The van der Waals surface area contributed by atoms with Gasteiger partial charge in [0.1, 0.15) is 5.82 Å². The second-order valence-corrected chi connectivity index (χ2v) is 8.22. The molecule has 0 radical (unpaired) electrons. The Morgan fingerprint density at radius 2 is 1.76 bits per heavy atom. The molecule has 0 bridgehead atoms. The first-order valence-electron chi connectivity index (χ1n) is 9.99. The molecule has 4 aromatic rings. The minimum Gasteiger partial charge on any atom is -0.370 e. The number of rotatable bonds is 6. The third-order valence-electron chi connectivity index (χ3n) is 5.01. The maximum absolute atomic E-state index is 4.63. The molecule has 148 valence electrons. The Bertz CT molecular complexity index is 1110. The Morgan fingerprint density at radius 3 is 2.62 bits per heavy atom. The minimum atomic E-state index is 0.0405. The van der Waals surface area contributed by atoms with E-state index in [2.05, 4.69) is 89.0 Å². The molecule has 3 N–H and O–H groups in total. The summed E-state index contributed by atoms with van der Waals surface area (Å²) in [6, 6.07) is 18.6. The highest BCUT2D eigenvalue weighted by Crippen LogP contribution is 2.30. The van der Waals surface area contributed by atoms with E-state index < -0.39 is 0 Å². The van der Waals surface area contributed by atoms with Crippen molar-refractivity contribution in [2.45, 2.75) is 32.6 Å². The smallest absolute Gasteiger partial charge is 0.229 e. The molecule has 0 amide bonds. The van der Waals surface area contributed by atoms with Crippen LogP contribution in [-0.2, 0) is 11.8 Å². The number of hydrogen-bond donors (Lipinski definition) is 3. The van der Waals surface area contributed by atoms with Crippen LogP contribution in [0.15, 0.2) is 67.0 Å². The van der Waals surface area contributed by atoms with Crippen molar-refractivity contribution in [1.82, 2.24) is 15.0 Å². The Balaban J connectivity index is 1.43. The maximum Gasteiger partial charge on any atom is 0.229 e. The number of aromatic amines is 1. The van der Waals surface area contributed by atoms with Crippen LogP contribution in [0.1, 0.15) is 31.9 Å². The summed E-state index contributed by atoms with van der Waals surface area (Å²) in [4.78, 5) is 12.3. The Morgan fingerprint density at radius 1 is 0.966 bits per heavy atom. The maximum atomic E-state index is 4.63. The number of fused-ring (bicyclic) bond motifs is 1. The summed E-state index contributed by atoms with van der Waals surface area (Å²) in [5.41, 5.74) is 4.80. The molecular formula is C24H27N5. The zero-order valence-electron chi connectivity index (χ0n) is 17.2. The van der Waals surface area contributed by atoms with Crippen molar-refractivity contribution in [1.29, 1.82) is 0 Å². The predicted octanol–water partition coefficient (Wildman–Crippen LogP) is 5.65. The van der Waals surface area contributed by atoms with Gasteiger partial charge in [0.05, 0.1) is 0 Å². The van der Waals surface area contributed by atoms with Crippen molar-refractivity contribution in [3.63, 3.8) is 0 Å². The lowest BCUT2D eigenvalue weighted by atomic mass is 9.86. The summed E-state index contributed by atoms with van der Waals surface area (Å²) < 4.78 is 0. The molecule has 29 heavy (non-hydrogen) atoms. The van der Waals surface area contributed by atoms with Crippen LogP contribution in [0.5, 0.6) is 0 Å². The Hall–Kier alpha value is -3.34. The van der Waals surface area contributed by atoms with Crippen LogP contribution in [0, 0.1) is 0 Å². The van der Waals surface area contributed by atoms with Crippen molar-refractivity contribution < 1.29 is 0 Å². The molecule has 5 heteroatoms. The average Bonchev–Trinajstić information content (AvgIpc) is 3.11. The summed E-state index contributed by atoms with van der Waals surface area (Å²) in [6.07, 6.45) is 4.79. The highest BCUT2D eigenvalue weighted by atomic mass is 15.1. The van der Waals surface area contributed by atoms with Gasteiger partial charge in [-0.05, 0) is 41.2 Å². The Labute approximate surface area is 171 Å². The van der Waals surface area contributed by atoms with Crippen molar-refractivity contribution in [2.75, 3.05) is 17.2 Å². The van der Waals surface area contributed by atoms with Crippen LogP contribution in [0.25, 0.3) is 10.9 Å². The van der Waals surface area contributed by atoms with Gasteiger partial charge in [0.15, 0.2) is 0 Å². The van der Waals surface area contributed by atoms with E-state index in [-0.39, 0.29) is 5.41 Å². The number of hydrogen-bond acceptors (Lipinski definition) is 4. The lowest BCUT2D eigenvalue weighted by molar-refractivity contribution is 0.592. The number of nitrogens with one attached hydrogen (secondary N) is 3. The van der Waals surface area contributed by atoms with E-state index >= 15 is 0 Å². The molecule has 0 fully saturated rings. The number of anilines is 3. The molecule has 0 aliphatic rings. The number of H-pyrrole nitrogens is 1. The highest BCUT2D eigenvalue weighted by molar-refractivity contribution is 5.83. The van der Waals surface area contributed by atoms with Gasteiger partial charge >= 0.3 is 0 Å². The van der Waals surface area contributed by atoms with Gasteiger partial charge in [-0.1, -0.05) is 57.2 Å². The Kier molecular flexibility index (Phi) is 5.21. The zero-order valence-corrected chi connectivity index (χ0v) is 17.2. The molecule has 0 saturated carbocycles. The molecule has 0 spiro atoms. The summed E-state index contributed by atoms with van der Waals surface area (Å²) in [5, 5.41) is 8.07. The van der Waals surface area contributed by atoms with Crippen molar-refractivity contribution in [3.8, 4) is 0 Å². The summed E-state index contributed by atoms with van der Waals surface area (Å²) in [5.74, 6) is 1.41. The number of para-hydroxylation sites is 2. The fourth-order valence-corrected chi connectivity index (χ4v) is 3.55. The second-order valence-electron chi connectivity index (χ2n) is 8.22. The summed E-state index contributed by atoms with van der Waals surface area (Å²) >= 11 is 0. The predicted molar refractivity (Wildman–Crippen MR) is 121 cm³/mol. The van der Waals surface area contributed by atoms with Gasteiger partial charge in [-0.15, -0.1) is 0 Å². The molecule has 0 unspecified atom stereocenters. The van der Waals surface area contributed by atoms with Crippen LogP contribution in [-0.4, -0.2) is 21.5 Å². The molecule has 4 rings (SSSR count). The van der Waals surface area contributed by atoms with Gasteiger partial charge < -0.3 is 15.6 Å². The van der Waals surface area contributed by atoms with Crippen LogP contribution < -0.4 is 10.6 Å². The zero-order chi connectivity index (χ0) is 20.3. The van der Waals surface area contributed by atoms with Crippen LogP contribution in [0.2, 0.25) is 0 Å². The van der Waals surface area contributed by atoms with Crippen molar-refractivity contribution in [3.05, 3.63) is 78.1 Å². The first-order valence-corrected chi connectivity index (χ1v) is 9.99. The number of benzene rings is 2. The van der Waals surface area contributed by atoms with Gasteiger partial charge in [-0.3, -0.25) is 0 Å². The molecule has 2 aromatic heterocycles. The molecule has 2 heterocycles. The number of aromatic nitrogens is 3. The quantitative estimate of drug-likeness (QED) is 0.401. The molecular weight excluding hydrogens is 358 g/mol. The van der Waals surface area contributed by atoms with E-state index in [1.165, 1.54) is 22.0 Å². The third kappa shape index (κ3) is 4.40. The average molecular weight is 386 g/mol. The molecule has 0 atom stereocenters. The first-order chi connectivity index (χ1) is 14.0. The standard InChI is InChI=1S/C24H27N5/c1-24(2,3)19-9-5-7-11-21(19)28-23-26-15-13-22(29-23)25-14-12-17-16-27-20-10-6-4-8-18(17)20/h4-11,13,15-16,27H,12,14H2,1-3H3,(H2,25,26,28,29). The minimum absolute atomic E-state index is 0.0405. The van der Waals surface area contributed by atoms with E-state index in [4.69, 9.17) is 0 Å². The van der Waals surface area contributed by atoms with E-state index in [0.29, 0.717) is 5.95 Å². The van der Waals surface area contributed by atoms with Crippen LogP contribution in [0.3, 0.4) is 0 Å². The van der Waals surface area contributed by atoms with Gasteiger partial charge in [0.2, 0.25) is 5.95 Å². The normalized spacial score (nSPS) is 11.6. The number of nitrogens with zero attached hydrogens (tertiary/aromatic N) is 2. The van der Waals surface area contributed by atoms with Crippen molar-refractivity contribution in [2.24, 2.45) is 0 Å². The highest BCUT2D eigenvalue weighted by Gasteiger charge is 2.17. The molecule has 5 nitrogen and oxygen atoms in total. The van der Waals surface area contributed by atoms with E-state index in [1.54, 1.807) is 6.20 Å². The fourth-order valence-electron chi connectivity index (χ4n) is 3.55. The van der Waals surface area contributed by atoms with Crippen molar-refractivity contribution >= 4 is 28.4 Å². The van der Waals surface area contributed by atoms with Crippen LogP contribution in [0.4, 0.5) is 17.5 Å². The van der Waals surface area contributed by atoms with Gasteiger partial charge in [-0.25, -0.2) is 4.98 Å². The topological polar surface area (TPSA) is 65.6 Å². The summed E-state index contributed by atoms with van der Waals surface area (Å²) in [6.45, 7) is 7.42. The van der Waals surface area contributed by atoms with Crippen LogP contribution >= 0.6 is 0 Å². The van der Waals surface area contributed by atoms with E-state index in [1.807, 2.05) is 18.2 Å². The van der Waals surface area contributed by atoms with E-state index in [9.17, 15) is 0 Å². The second kappa shape index (κ2) is 7.95. The molecule has 0 aliphatic carbocycles. The van der Waals surface area contributed by atoms with Gasteiger partial charge in [0, 0.05) is 35.5 Å². The third-order valence-corrected chi connectivity index (χ3v) is 5.01. The van der Waals surface area contributed by atoms with E-state index in [0.717, 1.165) is 24.5 Å². The first kappa shape index (κ1) is 19.0. The lowest BCUT2D eigenvalue weighted by Gasteiger charge is -2.23. The summed E-state index contributed by atoms with van der Waals surface area (Å²) in [7, 11) is 0. The molecule has 2 aromatic carbocycles. The van der Waals surface area contributed by atoms with Gasteiger partial charge in [0.25, 0.3) is 0 Å². The molecule has 0 saturated heterocycles. The largest absolute Gasteiger partial charge is 0.370 e. The molecule has 0 aliphatic heterocycles. The lowest BCUT2D eigenvalue weighted by Crippen LogP contribution is -2.14.